The Morgan fingerprint density at radius 1 is 1.22 bits per heavy atom. The minimum absolute atomic E-state index is 0.437. The van der Waals surface area contributed by atoms with Gasteiger partial charge in [-0.2, -0.15) is 10.5 Å². The Labute approximate surface area is 63.7 Å². The highest BCUT2D eigenvalue weighted by molar-refractivity contribution is 8.04. The molecule has 0 unspecified atom stereocenters. The first kappa shape index (κ1) is 3.10. The average molecular weight is 140 g/mol. The maximum Gasteiger partial charge on any atom is 0.0917 e. The monoisotopic (exact) mass is 140 g/mol. The van der Waals surface area contributed by atoms with E-state index in [0.717, 1.165) is 0 Å². The summed E-state index contributed by atoms with van der Waals surface area (Å²) in [6.07, 6.45) is 0. The molecule has 0 saturated carbocycles. The molecular formula is C6H4N2S. The predicted molar refractivity (Wildman–Crippen MR) is 37.1 cm³/mol. The van der Waals surface area contributed by atoms with Gasteiger partial charge in [0.2, 0.25) is 0 Å². The van der Waals surface area contributed by atoms with Gasteiger partial charge in [0.05, 0.1) is 17.6 Å². The van der Waals surface area contributed by atoms with E-state index in [9.17, 15) is 0 Å². The maximum absolute atomic E-state index is 8.20. The van der Waals surface area contributed by atoms with E-state index in [-0.39, 0.29) is 0 Å². The summed E-state index contributed by atoms with van der Waals surface area (Å²) in [6, 6.07) is 1.66. The van der Waals surface area contributed by atoms with Crippen molar-refractivity contribution in [3.05, 3.63) is 22.9 Å². The molecule has 0 heterocycles. The molecule has 44 valence electrons. The third-order valence-electron chi connectivity index (χ3n) is 0.316. The van der Waals surface area contributed by atoms with E-state index in [1.807, 2.05) is 0 Å². The Morgan fingerprint density at radius 2 is 1.67 bits per heavy atom. The summed E-state index contributed by atoms with van der Waals surface area (Å²) in [5.74, 6) is 0. The quantitative estimate of drug-likeness (QED) is 0.549. The fraction of sp³-hybridized carbons (Fsp3) is 0. The molecular weight excluding hydrogens is 132 g/mol. The second-order valence-corrected chi connectivity index (χ2v) is 1.39. The molecule has 0 aromatic rings. The highest BCUT2D eigenvalue weighted by Gasteiger charge is 1.67. The van der Waals surface area contributed by atoms with Crippen molar-refractivity contribution in [1.82, 2.24) is 0 Å². The Balaban J connectivity index is 4.71. The Kier molecular flexibility index (Phi) is 2.35. The van der Waals surface area contributed by atoms with Crippen LogP contribution in [-0.4, -0.2) is 0 Å². The molecule has 0 bridgehead atoms. The van der Waals surface area contributed by atoms with Gasteiger partial charge >= 0.3 is 0 Å². The molecule has 0 aliphatic carbocycles. The zero-order valence-corrected chi connectivity index (χ0v) is 5.12. The average Bonchev–Trinajstić information content (AvgIpc) is 2.14. The third-order valence-corrected chi connectivity index (χ3v) is 0.724. The predicted octanol–water partition coefficient (Wildman–Crippen LogP) is 1.79. The van der Waals surface area contributed by atoms with E-state index in [2.05, 4.69) is 0 Å². The van der Waals surface area contributed by atoms with Crippen molar-refractivity contribution in [2.75, 3.05) is 0 Å². The highest BCUT2D eigenvalue weighted by atomic mass is 32.2. The summed E-state index contributed by atoms with van der Waals surface area (Å²) in [5, 5.41) is 15.5. The summed E-state index contributed by atoms with van der Waals surface area (Å²) in [5.41, 5.74) is 0. The van der Waals surface area contributed by atoms with Crippen molar-refractivity contribution in [2.45, 2.75) is 0 Å². The number of nitriles is 2. The minimum Gasteiger partial charge on any atom is -0.193 e. The van der Waals surface area contributed by atoms with Gasteiger partial charge in [0, 0.05) is 12.1 Å². The van der Waals surface area contributed by atoms with E-state index >= 15 is 0 Å². The molecule has 0 fully saturated rings. The second-order valence-electron chi connectivity index (χ2n) is 0.780. The van der Waals surface area contributed by atoms with Crippen molar-refractivity contribution in [3.8, 4) is 12.1 Å². The molecule has 0 rings (SSSR count). The number of thioether (sulfide) groups is 1. The number of rotatable bonds is 2. The van der Waals surface area contributed by atoms with Crippen LogP contribution in [-0.2, 0) is 0 Å². The zero-order chi connectivity index (χ0) is 10.4. The number of hydrogen-bond acceptors (Lipinski definition) is 3. The first-order chi connectivity index (χ1) is 6.02. The lowest BCUT2D eigenvalue weighted by molar-refractivity contribution is 1.54. The fourth-order valence-corrected chi connectivity index (χ4v) is 0.367. The van der Waals surface area contributed by atoms with Crippen LogP contribution < -0.4 is 0 Å². The molecule has 0 aromatic heterocycles. The Bertz CT molecular complexity index is 313. The molecule has 9 heavy (non-hydrogen) atoms. The van der Waals surface area contributed by atoms with Crippen molar-refractivity contribution in [2.24, 2.45) is 0 Å². The molecule has 0 saturated heterocycles. The number of allylic oxidation sites excluding steroid dienone is 2. The molecule has 0 radical (unpaired) electrons. The zero-order valence-electron chi connectivity index (χ0n) is 8.30. The van der Waals surface area contributed by atoms with Gasteiger partial charge in [-0.15, -0.1) is 11.8 Å². The van der Waals surface area contributed by atoms with E-state index in [1.165, 1.54) is 12.1 Å². The van der Waals surface area contributed by atoms with Crippen molar-refractivity contribution in [3.63, 3.8) is 0 Å². The van der Waals surface area contributed by atoms with E-state index < -0.39 is 22.9 Å². The van der Waals surface area contributed by atoms with Crippen LogP contribution in [0, 0.1) is 22.7 Å². The summed E-state index contributed by atoms with van der Waals surface area (Å²) in [7, 11) is 0. The van der Waals surface area contributed by atoms with Crippen LogP contribution >= 0.6 is 11.8 Å². The SMILES string of the molecule is [2H]/C(C#N)=C(\[2H])S/C([2H])=C(/[2H])C#N. The first-order valence-electron chi connectivity index (χ1n) is 3.86. The lowest BCUT2D eigenvalue weighted by Gasteiger charge is -1.71. The molecule has 0 amide bonds. The van der Waals surface area contributed by atoms with Gasteiger partial charge in [-0.1, -0.05) is 0 Å². The van der Waals surface area contributed by atoms with Crippen molar-refractivity contribution < 1.29 is 5.48 Å². The lowest BCUT2D eigenvalue weighted by Crippen LogP contribution is -1.44. The van der Waals surface area contributed by atoms with Gasteiger partial charge in [-0.05, 0) is 10.8 Å². The van der Waals surface area contributed by atoms with E-state index in [0.29, 0.717) is 11.8 Å². The minimum atomic E-state index is -0.583. The standard InChI is InChI=1S/C6H4N2S/c7-3-1-5-9-6-2-4-8/h1-2,5-6H/b5-1-,6-2-/i1D,2D,5D,6D. The van der Waals surface area contributed by atoms with Crippen LogP contribution in [0.25, 0.3) is 0 Å². The molecule has 0 aromatic carbocycles. The number of hydrogen-bond donors (Lipinski definition) is 0. The van der Waals surface area contributed by atoms with E-state index in [1.54, 1.807) is 0 Å². The van der Waals surface area contributed by atoms with Crippen molar-refractivity contribution in [1.29, 1.82) is 10.5 Å². The molecule has 0 spiro atoms. The van der Waals surface area contributed by atoms with Crippen LogP contribution in [0.15, 0.2) is 22.9 Å². The van der Waals surface area contributed by atoms with Gasteiger partial charge < -0.3 is 0 Å². The lowest BCUT2D eigenvalue weighted by atomic mass is 10.7. The Hall–Kier alpha value is -1.19. The van der Waals surface area contributed by atoms with E-state index in [4.69, 9.17) is 16.0 Å². The molecule has 0 aliphatic rings. The highest BCUT2D eigenvalue weighted by Crippen LogP contribution is 2.01. The van der Waals surface area contributed by atoms with Gasteiger partial charge in [0.1, 0.15) is 0 Å². The van der Waals surface area contributed by atoms with Crippen molar-refractivity contribution >= 4 is 11.8 Å². The maximum atomic E-state index is 8.20. The molecule has 0 N–H and O–H groups in total. The van der Waals surface area contributed by atoms with Crippen LogP contribution in [0.1, 0.15) is 5.48 Å². The van der Waals surface area contributed by atoms with Crippen LogP contribution in [0.3, 0.4) is 0 Å². The molecule has 0 aliphatic heterocycles. The van der Waals surface area contributed by atoms with Crippen LogP contribution in [0.2, 0.25) is 0 Å². The molecule has 2 nitrogen and oxygen atoms in total. The fourth-order valence-electron chi connectivity index (χ4n) is 0.122. The van der Waals surface area contributed by atoms with Crippen LogP contribution in [0.4, 0.5) is 0 Å². The summed E-state index contributed by atoms with van der Waals surface area (Å²) >= 11 is 0.437. The van der Waals surface area contributed by atoms with Gasteiger partial charge in [-0.25, -0.2) is 0 Å². The molecule has 0 atom stereocenters. The second kappa shape index (κ2) is 6.81. The largest absolute Gasteiger partial charge is 0.193 e. The normalized spacial score (nSPS) is 20.2. The molecule has 3 heteroatoms. The Morgan fingerprint density at radius 3 is 2.00 bits per heavy atom. The van der Waals surface area contributed by atoms with Crippen LogP contribution in [0.5, 0.6) is 0 Å². The topological polar surface area (TPSA) is 47.6 Å². The van der Waals surface area contributed by atoms with Gasteiger partial charge in [-0.3, -0.25) is 0 Å². The van der Waals surface area contributed by atoms with Gasteiger partial charge in [0.25, 0.3) is 0 Å². The summed E-state index contributed by atoms with van der Waals surface area (Å²) in [6.45, 7) is 0. The third kappa shape index (κ3) is 6.81. The summed E-state index contributed by atoms with van der Waals surface area (Å²) in [4.78, 5) is 0. The summed E-state index contributed by atoms with van der Waals surface area (Å²) < 4.78 is 27.9. The number of nitrogens with zero attached hydrogens (tertiary/aromatic N) is 2. The van der Waals surface area contributed by atoms with Gasteiger partial charge in [0.15, 0.2) is 0 Å². The smallest absolute Gasteiger partial charge is 0.0917 e. The first-order valence-corrected chi connectivity index (χ1v) is 2.67.